The second kappa shape index (κ2) is 7.25. The van der Waals surface area contributed by atoms with Crippen LogP contribution in [0.4, 0.5) is 0 Å². The number of aromatic nitrogens is 1. The molecule has 0 aliphatic heterocycles. The molecule has 1 heterocycles. The van der Waals surface area contributed by atoms with Crippen LogP contribution in [0.3, 0.4) is 0 Å². The van der Waals surface area contributed by atoms with Gasteiger partial charge in [0.05, 0.1) is 0 Å². The van der Waals surface area contributed by atoms with Crippen molar-refractivity contribution in [2.45, 2.75) is 38.6 Å². The SMILES string of the molecule is CC(C)(C)c1ccc(C[C@H](NC(=O)c2ccccn2)C(=O)O)cc1. The molecular weight excluding hydrogens is 304 g/mol. The summed E-state index contributed by atoms with van der Waals surface area (Å²) in [5.74, 6) is -1.56. The maximum atomic E-state index is 12.1. The monoisotopic (exact) mass is 326 g/mol. The van der Waals surface area contributed by atoms with Gasteiger partial charge in [-0.05, 0) is 28.7 Å². The molecule has 1 aromatic heterocycles. The number of hydrogen-bond acceptors (Lipinski definition) is 3. The van der Waals surface area contributed by atoms with Crippen LogP contribution < -0.4 is 5.32 Å². The minimum atomic E-state index is -1.07. The number of carbonyl (C=O) groups is 2. The molecule has 0 aliphatic carbocycles. The lowest BCUT2D eigenvalue weighted by Gasteiger charge is -2.20. The molecule has 1 aromatic carbocycles. The van der Waals surface area contributed by atoms with E-state index in [9.17, 15) is 14.7 Å². The van der Waals surface area contributed by atoms with Gasteiger partial charge in [-0.25, -0.2) is 4.79 Å². The first-order chi connectivity index (χ1) is 11.3. The smallest absolute Gasteiger partial charge is 0.326 e. The van der Waals surface area contributed by atoms with Crippen molar-refractivity contribution >= 4 is 11.9 Å². The van der Waals surface area contributed by atoms with Crippen molar-refractivity contribution in [3.8, 4) is 0 Å². The summed E-state index contributed by atoms with van der Waals surface area (Å²) in [6.45, 7) is 6.36. The molecule has 126 valence electrons. The van der Waals surface area contributed by atoms with Crippen LogP contribution >= 0.6 is 0 Å². The van der Waals surface area contributed by atoms with Gasteiger partial charge < -0.3 is 10.4 Å². The summed E-state index contributed by atoms with van der Waals surface area (Å²) in [5.41, 5.74) is 2.27. The summed E-state index contributed by atoms with van der Waals surface area (Å²) in [5, 5.41) is 11.9. The first-order valence-electron chi connectivity index (χ1n) is 7.81. The van der Waals surface area contributed by atoms with Crippen LogP contribution in [0, 0.1) is 0 Å². The number of carboxylic acids is 1. The molecule has 0 unspecified atom stereocenters. The molecule has 0 bridgehead atoms. The van der Waals surface area contributed by atoms with Crippen LogP contribution in [0.5, 0.6) is 0 Å². The highest BCUT2D eigenvalue weighted by atomic mass is 16.4. The predicted octanol–water partition coefficient (Wildman–Crippen LogP) is 2.80. The van der Waals surface area contributed by atoms with E-state index in [0.717, 1.165) is 5.56 Å². The molecule has 0 fully saturated rings. The lowest BCUT2D eigenvalue weighted by molar-refractivity contribution is -0.139. The van der Waals surface area contributed by atoms with Gasteiger partial charge in [0.2, 0.25) is 0 Å². The molecule has 2 N–H and O–H groups in total. The van der Waals surface area contributed by atoms with Gasteiger partial charge in [0, 0.05) is 12.6 Å². The molecule has 24 heavy (non-hydrogen) atoms. The van der Waals surface area contributed by atoms with Gasteiger partial charge in [-0.15, -0.1) is 0 Å². The van der Waals surface area contributed by atoms with Crippen LogP contribution in [0.25, 0.3) is 0 Å². The molecule has 1 atom stereocenters. The Hall–Kier alpha value is -2.69. The fourth-order valence-corrected chi connectivity index (χ4v) is 2.31. The third-order valence-electron chi connectivity index (χ3n) is 3.76. The highest BCUT2D eigenvalue weighted by Crippen LogP contribution is 2.22. The Morgan fingerprint density at radius 2 is 1.79 bits per heavy atom. The quantitative estimate of drug-likeness (QED) is 0.885. The molecule has 1 amide bonds. The summed E-state index contributed by atoms with van der Waals surface area (Å²) >= 11 is 0. The number of hydrogen-bond donors (Lipinski definition) is 2. The molecule has 2 aromatic rings. The van der Waals surface area contributed by atoms with Crippen LogP contribution in [0.2, 0.25) is 0 Å². The molecule has 0 spiro atoms. The number of benzene rings is 1. The van der Waals surface area contributed by atoms with E-state index in [-0.39, 0.29) is 17.5 Å². The minimum Gasteiger partial charge on any atom is -0.480 e. The lowest BCUT2D eigenvalue weighted by atomic mass is 9.86. The van der Waals surface area contributed by atoms with Crippen LogP contribution in [0.15, 0.2) is 48.7 Å². The Kier molecular flexibility index (Phi) is 5.34. The highest BCUT2D eigenvalue weighted by Gasteiger charge is 2.22. The van der Waals surface area contributed by atoms with Crippen molar-refractivity contribution in [1.82, 2.24) is 10.3 Å². The Morgan fingerprint density at radius 1 is 1.12 bits per heavy atom. The van der Waals surface area contributed by atoms with Crippen molar-refractivity contribution in [1.29, 1.82) is 0 Å². The van der Waals surface area contributed by atoms with E-state index in [0.29, 0.717) is 0 Å². The third kappa shape index (κ3) is 4.65. The van der Waals surface area contributed by atoms with Gasteiger partial charge in [0.15, 0.2) is 0 Å². The van der Waals surface area contributed by atoms with E-state index >= 15 is 0 Å². The zero-order valence-corrected chi connectivity index (χ0v) is 14.1. The maximum absolute atomic E-state index is 12.1. The van der Waals surface area contributed by atoms with Gasteiger partial charge in [-0.2, -0.15) is 0 Å². The number of aliphatic carboxylic acids is 1. The van der Waals surface area contributed by atoms with Gasteiger partial charge >= 0.3 is 5.97 Å². The highest BCUT2D eigenvalue weighted by molar-refractivity contribution is 5.94. The molecule has 0 saturated carbocycles. The molecule has 0 saturated heterocycles. The lowest BCUT2D eigenvalue weighted by Crippen LogP contribution is -2.42. The van der Waals surface area contributed by atoms with E-state index < -0.39 is 17.9 Å². The predicted molar refractivity (Wildman–Crippen MR) is 92.0 cm³/mol. The van der Waals surface area contributed by atoms with Crippen LogP contribution in [-0.2, 0) is 16.6 Å². The summed E-state index contributed by atoms with van der Waals surface area (Å²) in [6.07, 6.45) is 1.72. The topological polar surface area (TPSA) is 79.3 Å². The number of nitrogens with one attached hydrogen (secondary N) is 1. The van der Waals surface area contributed by atoms with Crippen molar-refractivity contribution in [2.75, 3.05) is 0 Å². The second-order valence-electron chi connectivity index (χ2n) is 6.73. The number of carbonyl (C=O) groups excluding carboxylic acids is 1. The van der Waals surface area contributed by atoms with Crippen LogP contribution in [0.1, 0.15) is 42.4 Å². The molecular formula is C19H22N2O3. The van der Waals surface area contributed by atoms with Gasteiger partial charge in [-0.1, -0.05) is 51.1 Å². The molecule has 0 aliphatic rings. The van der Waals surface area contributed by atoms with Crippen LogP contribution in [-0.4, -0.2) is 28.0 Å². The second-order valence-corrected chi connectivity index (χ2v) is 6.73. The Bertz CT molecular complexity index is 704. The first kappa shape index (κ1) is 17.7. The third-order valence-corrected chi connectivity index (χ3v) is 3.76. The van der Waals surface area contributed by atoms with Gasteiger partial charge in [0.1, 0.15) is 11.7 Å². The van der Waals surface area contributed by atoms with E-state index in [1.54, 1.807) is 18.2 Å². The average Bonchev–Trinajstić information content (AvgIpc) is 2.54. The standard InChI is InChI=1S/C19H22N2O3/c1-19(2,3)14-9-7-13(8-10-14)12-16(18(23)24)21-17(22)15-6-4-5-11-20-15/h4-11,16H,12H2,1-3H3,(H,21,22)(H,23,24)/t16-/m0/s1. The fourth-order valence-electron chi connectivity index (χ4n) is 2.31. The summed E-state index contributed by atoms with van der Waals surface area (Å²) in [4.78, 5) is 27.5. The van der Waals surface area contributed by atoms with Crippen molar-refractivity contribution < 1.29 is 14.7 Å². The summed E-state index contributed by atoms with van der Waals surface area (Å²) in [6, 6.07) is 11.7. The number of amides is 1. The Labute approximate surface area is 141 Å². The van der Waals surface area contributed by atoms with E-state index in [1.807, 2.05) is 24.3 Å². The largest absolute Gasteiger partial charge is 0.480 e. The van der Waals surface area contributed by atoms with Crippen molar-refractivity contribution in [3.63, 3.8) is 0 Å². The number of rotatable bonds is 5. The average molecular weight is 326 g/mol. The maximum Gasteiger partial charge on any atom is 0.326 e. The minimum absolute atomic E-state index is 0.0396. The zero-order chi connectivity index (χ0) is 17.7. The summed E-state index contributed by atoms with van der Waals surface area (Å²) in [7, 11) is 0. The van der Waals surface area contributed by atoms with E-state index in [2.05, 4.69) is 31.1 Å². The Balaban J connectivity index is 2.09. The Morgan fingerprint density at radius 3 is 2.29 bits per heavy atom. The summed E-state index contributed by atoms with van der Waals surface area (Å²) < 4.78 is 0. The van der Waals surface area contributed by atoms with Crippen molar-refractivity contribution in [2.24, 2.45) is 0 Å². The number of pyridine rings is 1. The van der Waals surface area contributed by atoms with E-state index in [4.69, 9.17) is 0 Å². The fraction of sp³-hybridized carbons (Fsp3) is 0.316. The molecule has 5 heteroatoms. The molecule has 5 nitrogen and oxygen atoms in total. The number of nitrogens with zero attached hydrogens (tertiary/aromatic N) is 1. The zero-order valence-electron chi connectivity index (χ0n) is 14.1. The van der Waals surface area contributed by atoms with E-state index in [1.165, 1.54) is 11.8 Å². The number of carboxylic acid groups (broad SMARTS) is 1. The molecule has 0 radical (unpaired) electrons. The van der Waals surface area contributed by atoms with Gasteiger partial charge in [0.25, 0.3) is 5.91 Å². The molecule has 2 rings (SSSR count). The normalized spacial score (nSPS) is 12.5. The van der Waals surface area contributed by atoms with Gasteiger partial charge in [-0.3, -0.25) is 9.78 Å². The van der Waals surface area contributed by atoms with Crippen molar-refractivity contribution in [3.05, 3.63) is 65.5 Å². The first-order valence-corrected chi connectivity index (χ1v) is 7.81.